The van der Waals surface area contributed by atoms with Gasteiger partial charge in [-0.2, -0.15) is 0 Å². The smallest absolute Gasteiger partial charge is 0.308 e. The lowest BCUT2D eigenvalue weighted by Crippen LogP contribution is -2.32. The molecule has 5 heteroatoms. The molecular formula is C15H21NO4. The van der Waals surface area contributed by atoms with Gasteiger partial charge in [-0.25, -0.2) is 0 Å². The van der Waals surface area contributed by atoms with Crippen molar-refractivity contribution in [3.63, 3.8) is 0 Å². The molecule has 0 spiro atoms. The molecule has 0 aromatic heterocycles. The summed E-state index contributed by atoms with van der Waals surface area (Å²) in [7, 11) is 0. The summed E-state index contributed by atoms with van der Waals surface area (Å²) >= 11 is 0. The number of carbonyl (C=O) groups is 2. The molecule has 0 aliphatic carbocycles. The summed E-state index contributed by atoms with van der Waals surface area (Å²) < 4.78 is 5.43. The molecule has 2 N–H and O–H groups in total. The highest BCUT2D eigenvalue weighted by molar-refractivity contribution is 5.94. The number of rotatable bonds is 8. The van der Waals surface area contributed by atoms with Gasteiger partial charge in [-0.1, -0.05) is 13.8 Å². The van der Waals surface area contributed by atoms with Gasteiger partial charge in [0.1, 0.15) is 5.75 Å². The average molecular weight is 279 g/mol. The maximum absolute atomic E-state index is 11.9. The standard InChI is InChI=1S/C15H21NO4/c1-3-9-20-13-7-5-12(6-8-13)14(17)16-10-11(4-2)15(18)19/h5-8,11H,3-4,9-10H2,1-2H3,(H,16,17)(H,18,19). The third-order valence-electron chi connectivity index (χ3n) is 2.94. The first-order valence-electron chi connectivity index (χ1n) is 6.82. The van der Waals surface area contributed by atoms with Crippen molar-refractivity contribution in [2.75, 3.05) is 13.2 Å². The topological polar surface area (TPSA) is 75.6 Å². The van der Waals surface area contributed by atoms with Crippen molar-refractivity contribution in [3.8, 4) is 5.75 Å². The highest BCUT2D eigenvalue weighted by Gasteiger charge is 2.16. The van der Waals surface area contributed by atoms with Crippen molar-refractivity contribution >= 4 is 11.9 Å². The first-order valence-corrected chi connectivity index (χ1v) is 6.82. The number of hydrogen-bond donors (Lipinski definition) is 2. The van der Waals surface area contributed by atoms with Gasteiger partial charge in [-0.05, 0) is 37.1 Å². The van der Waals surface area contributed by atoms with Gasteiger partial charge in [0.25, 0.3) is 5.91 Å². The van der Waals surface area contributed by atoms with Gasteiger partial charge in [-0.15, -0.1) is 0 Å². The zero-order valence-corrected chi connectivity index (χ0v) is 11.9. The molecule has 0 fully saturated rings. The fraction of sp³-hybridized carbons (Fsp3) is 0.467. The molecule has 1 unspecified atom stereocenters. The molecule has 1 atom stereocenters. The highest BCUT2D eigenvalue weighted by atomic mass is 16.5. The minimum atomic E-state index is -0.892. The lowest BCUT2D eigenvalue weighted by Gasteiger charge is -2.11. The van der Waals surface area contributed by atoms with Crippen LogP contribution in [0, 0.1) is 5.92 Å². The number of nitrogens with one attached hydrogen (secondary N) is 1. The number of carbonyl (C=O) groups excluding carboxylic acids is 1. The second kappa shape index (κ2) is 8.19. The van der Waals surface area contributed by atoms with Crippen LogP contribution in [-0.4, -0.2) is 30.1 Å². The van der Waals surface area contributed by atoms with Gasteiger partial charge < -0.3 is 15.2 Å². The largest absolute Gasteiger partial charge is 0.494 e. The predicted molar refractivity (Wildman–Crippen MR) is 76.0 cm³/mol. The third kappa shape index (κ3) is 4.91. The molecule has 0 saturated carbocycles. The fourth-order valence-electron chi connectivity index (χ4n) is 1.65. The average Bonchev–Trinajstić information content (AvgIpc) is 2.45. The van der Waals surface area contributed by atoms with Crippen molar-refractivity contribution in [3.05, 3.63) is 29.8 Å². The number of aliphatic carboxylic acids is 1. The van der Waals surface area contributed by atoms with E-state index in [9.17, 15) is 9.59 Å². The van der Waals surface area contributed by atoms with Gasteiger partial charge >= 0.3 is 5.97 Å². The molecule has 1 aromatic rings. The van der Waals surface area contributed by atoms with E-state index in [0.717, 1.165) is 12.2 Å². The van der Waals surface area contributed by atoms with Crippen molar-refractivity contribution < 1.29 is 19.4 Å². The van der Waals surface area contributed by atoms with Crippen molar-refractivity contribution in [1.82, 2.24) is 5.32 Å². The SMILES string of the molecule is CCCOc1ccc(C(=O)NCC(CC)C(=O)O)cc1. The Labute approximate surface area is 118 Å². The van der Waals surface area contributed by atoms with Gasteiger partial charge in [0.2, 0.25) is 0 Å². The maximum atomic E-state index is 11.9. The molecule has 110 valence electrons. The zero-order valence-electron chi connectivity index (χ0n) is 11.9. The number of benzene rings is 1. The van der Waals surface area contributed by atoms with Gasteiger partial charge in [0.05, 0.1) is 12.5 Å². The number of carboxylic acid groups (broad SMARTS) is 1. The molecule has 0 saturated heterocycles. The Bertz CT molecular complexity index is 442. The minimum absolute atomic E-state index is 0.138. The van der Waals surface area contributed by atoms with Gasteiger partial charge in [0.15, 0.2) is 0 Å². The summed E-state index contributed by atoms with van der Waals surface area (Å²) in [5.74, 6) is -0.991. The predicted octanol–water partition coefficient (Wildman–Crippen LogP) is 2.32. The van der Waals surface area contributed by atoms with Crippen LogP contribution in [0.5, 0.6) is 5.75 Å². The van der Waals surface area contributed by atoms with E-state index in [1.807, 2.05) is 6.92 Å². The van der Waals surface area contributed by atoms with E-state index in [-0.39, 0.29) is 12.5 Å². The second-order valence-electron chi connectivity index (χ2n) is 4.53. The molecule has 0 aliphatic heterocycles. The molecular weight excluding hydrogens is 258 g/mol. The van der Waals surface area contributed by atoms with E-state index in [1.165, 1.54) is 0 Å². The summed E-state index contributed by atoms with van der Waals surface area (Å²) in [6, 6.07) is 6.81. The summed E-state index contributed by atoms with van der Waals surface area (Å²) in [6.07, 6.45) is 1.41. The maximum Gasteiger partial charge on any atom is 0.308 e. The van der Waals surface area contributed by atoms with E-state index in [4.69, 9.17) is 9.84 Å². The minimum Gasteiger partial charge on any atom is -0.494 e. The summed E-state index contributed by atoms with van der Waals surface area (Å²) in [5.41, 5.74) is 0.495. The summed E-state index contributed by atoms with van der Waals surface area (Å²) in [5, 5.41) is 11.5. The Morgan fingerprint density at radius 1 is 1.25 bits per heavy atom. The Morgan fingerprint density at radius 2 is 1.90 bits per heavy atom. The Balaban J connectivity index is 2.53. The van der Waals surface area contributed by atoms with Gasteiger partial charge in [-0.3, -0.25) is 9.59 Å². The number of carboxylic acids is 1. The first kappa shape index (κ1) is 16.0. The number of ether oxygens (including phenoxy) is 1. The van der Waals surface area contributed by atoms with Gasteiger partial charge in [0, 0.05) is 12.1 Å². The van der Waals surface area contributed by atoms with Crippen LogP contribution in [0.3, 0.4) is 0 Å². The fourth-order valence-corrected chi connectivity index (χ4v) is 1.65. The van der Waals surface area contributed by atoms with Crippen molar-refractivity contribution in [2.45, 2.75) is 26.7 Å². The monoisotopic (exact) mass is 279 g/mol. The molecule has 20 heavy (non-hydrogen) atoms. The van der Waals surface area contributed by atoms with Crippen LogP contribution in [-0.2, 0) is 4.79 Å². The molecule has 1 aromatic carbocycles. The first-order chi connectivity index (χ1) is 9.58. The Hall–Kier alpha value is -2.04. The quantitative estimate of drug-likeness (QED) is 0.765. The van der Waals surface area contributed by atoms with Crippen LogP contribution in [0.15, 0.2) is 24.3 Å². The van der Waals surface area contributed by atoms with E-state index in [1.54, 1.807) is 31.2 Å². The molecule has 1 rings (SSSR count). The Morgan fingerprint density at radius 3 is 2.40 bits per heavy atom. The lowest BCUT2D eigenvalue weighted by molar-refractivity contribution is -0.141. The van der Waals surface area contributed by atoms with E-state index < -0.39 is 11.9 Å². The van der Waals surface area contributed by atoms with E-state index in [0.29, 0.717) is 18.6 Å². The van der Waals surface area contributed by atoms with Crippen molar-refractivity contribution in [1.29, 1.82) is 0 Å². The van der Waals surface area contributed by atoms with Crippen LogP contribution in [0.2, 0.25) is 0 Å². The third-order valence-corrected chi connectivity index (χ3v) is 2.94. The van der Waals surface area contributed by atoms with E-state index in [2.05, 4.69) is 5.32 Å². The summed E-state index contributed by atoms with van der Waals surface area (Å²) in [4.78, 5) is 22.7. The van der Waals surface area contributed by atoms with Crippen LogP contribution in [0.4, 0.5) is 0 Å². The summed E-state index contributed by atoms with van der Waals surface area (Å²) in [6.45, 7) is 4.58. The normalized spacial score (nSPS) is 11.7. The van der Waals surface area contributed by atoms with Crippen LogP contribution < -0.4 is 10.1 Å². The lowest BCUT2D eigenvalue weighted by atomic mass is 10.1. The van der Waals surface area contributed by atoms with E-state index >= 15 is 0 Å². The molecule has 0 radical (unpaired) electrons. The molecule has 0 bridgehead atoms. The van der Waals surface area contributed by atoms with Crippen LogP contribution >= 0.6 is 0 Å². The zero-order chi connectivity index (χ0) is 15.0. The molecule has 5 nitrogen and oxygen atoms in total. The van der Waals surface area contributed by atoms with Crippen LogP contribution in [0.1, 0.15) is 37.0 Å². The van der Waals surface area contributed by atoms with Crippen LogP contribution in [0.25, 0.3) is 0 Å². The number of amides is 1. The second-order valence-corrected chi connectivity index (χ2v) is 4.53. The van der Waals surface area contributed by atoms with Crippen molar-refractivity contribution in [2.24, 2.45) is 5.92 Å². The Kier molecular flexibility index (Phi) is 6.56. The molecule has 1 amide bonds. The highest BCUT2D eigenvalue weighted by Crippen LogP contribution is 2.12. The molecule has 0 aliphatic rings. The molecule has 0 heterocycles. The number of hydrogen-bond acceptors (Lipinski definition) is 3.